The number of hydrogen-bond acceptors (Lipinski definition) is 2. The summed E-state index contributed by atoms with van der Waals surface area (Å²) in [6.07, 6.45) is 0. The van der Waals surface area contributed by atoms with Crippen molar-refractivity contribution in [3.05, 3.63) is 0 Å². The Morgan fingerprint density at radius 2 is 1.89 bits per heavy atom. The fourth-order valence-electron chi connectivity index (χ4n) is 0.316. The number of aliphatic carboxylic acids is 1. The van der Waals surface area contributed by atoms with Crippen molar-refractivity contribution >= 4 is 16.2 Å². The molecule has 0 saturated heterocycles. The van der Waals surface area contributed by atoms with Gasteiger partial charge in [-0.25, -0.2) is 0 Å². The van der Waals surface area contributed by atoms with Crippen LogP contribution in [0, 0.1) is 0 Å². The minimum absolute atomic E-state index is 0.301. The zero-order valence-corrected chi connectivity index (χ0v) is 8.34. The summed E-state index contributed by atoms with van der Waals surface area (Å²) >= 11 is 0. The second-order valence-corrected chi connectivity index (χ2v) is 4.20. The van der Waals surface area contributed by atoms with Gasteiger partial charge in [-0.2, -0.15) is 0 Å². The molecule has 0 aliphatic carbocycles. The van der Waals surface area contributed by atoms with Gasteiger partial charge in [0.15, 0.2) is 0 Å². The standard InChI is InChI=1S/C5H13NO2Si/c1-6(2,3)4(9)5(7)8/h4H,1-3,9H3. The molecule has 0 bridgehead atoms. The predicted octanol–water partition coefficient (Wildman–Crippen LogP) is -2.87. The van der Waals surface area contributed by atoms with Gasteiger partial charge in [-0.1, -0.05) is 0 Å². The van der Waals surface area contributed by atoms with Crippen LogP contribution >= 0.6 is 0 Å². The summed E-state index contributed by atoms with van der Waals surface area (Å²) in [5.41, 5.74) is -0.301. The molecule has 0 heterocycles. The molecule has 4 heteroatoms. The normalized spacial score (nSPS) is 15.4. The lowest BCUT2D eigenvalue weighted by Crippen LogP contribution is -2.55. The molecule has 0 saturated carbocycles. The molecule has 0 aromatic rings. The number of hydrogen-bond donors (Lipinski definition) is 0. The first kappa shape index (κ1) is 8.65. The third-order valence-corrected chi connectivity index (χ3v) is 3.52. The molecule has 0 aliphatic heterocycles. The second-order valence-electron chi connectivity index (χ2n) is 3.11. The van der Waals surface area contributed by atoms with Crippen LogP contribution in [0.15, 0.2) is 0 Å². The van der Waals surface area contributed by atoms with Crippen LogP contribution < -0.4 is 5.11 Å². The third kappa shape index (κ3) is 2.62. The topological polar surface area (TPSA) is 40.1 Å². The van der Waals surface area contributed by atoms with E-state index in [0.717, 1.165) is 0 Å². The number of rotatable bonds is 2. The Hall–Kier alpha value is -0.353. The highest BCUT2D eigenvalue weighted by Gasteiger charge is 2.17. The highest BCUT2D eigenvalue weighted by molar-refractivity contribution is 6.20. The lowest BCUT2D eigenvalue weighted by Gasteiger charge is -2.32. The van der Waals surface area contributed by atoms with Crippen molar-refractivity contribution in [2.24, 2.45) is 0 Å². The smallest absolute Gasteiger partial charge is 0.101 e. The Kier molecular flexibility index (Phi) is 2.39. The van der Waals surface area contributed by atoms with Crippen molar-refractivity contribution in [2.75, 3.05) is 21.1 Å². The van der Waals surface area contributed by atoms with Crippen LogP contribution in [0.5, 0.6) is 0 Å². The molecule has 0 radical (unpaired) electrons. The number of likely N-dealkylation sites (N-methyl/N-ethyl adjacent to an activating group) is 1. The average Bonchev–Trinajstić information content (AvgIpc) is 1.62. The zero-order valence-electron chi connectivity index (χ0n) is 6.34. The number of nitrogens with zero attached hydrogens (tertiary/aromatic N) is 1. The number of carboxylic acid groups (broad SMARTS) is 1. The highest BCUT2D eigenvalue weighted by atomic mass is 28.1. The first-order chi connectivity index (χ1) is 3.85. The van der Waals surface area contributed by atoms with Crippen molar-refractivity contribution < 1.29 is 14.4 Å². The lowest BCUT2D eigenvalue weighted by atomic mass is 10.5. The van der Waals surface area contributed by atoms with Crippen LogP contribution in [0.3, 0.4) is 0 Å². The minimum atomic E-state index is -0.936. The van der Waals surface area contributed by atoms with Crippen LogP contribution in [-0.4, -0.2) is 47.5 Å². The predicted molar refractivity (Wildman–Crippen MR) is 36.8 cm³/mol. The highest BCUT2D eigenvalue weighted by Crippen LogP contribution is 1.95. The van der Waals surface area contributed by atoms with E-state index < -0.39 is 5.97 Å². The number of carbonyl (C=O) groups excluding carboxylic acids is 1. The minimum Gasteiger partial charge on any atom is -0.544 e. The molecule has 1 atom stereocenters. The summed E-state index contributed by atoms with van der Waals surface area (Å²) in [6, 6.07) is 0. The van der Waals surface area contributed by atoms with Gasteiger partial charge in [-0.3, -0.25) is 0 Å². The van der Waals surface area contributed by atoms with E-state index in [1.165, 1.54) is 0 Å². The largest absolute Gasteiger partial charge is 0.544 e. The number of carboxylic acids is 1. The monoisotopic (exact) mass is 147 g/mol. The SMILES string of the molecule is C[N+](C)(C)C([SiH3])C(=O)[O-]. The van der Waals surface area contributed by atoms with Crippen LogP contribution in [0.2, 0.25) is 0 Å². The molecular formula is C5H13NO2Si. The van der Waals surface area contributed by atoms with Gasteiger partial charge < -0.3 is 14.4 Å². The van der Waals surface area contributed by atoms with Gasteiger partial charge in [0, 0.05) is 0 Å². The molecule has 3 nitrogen and oxygen atoms in total. The number of quaternary nitrogens is 1. The average molecular weight is 147 g/mol. The van der Waals surface area contributed by atoms with Crippen molar-refractivity contribution in [1.29, 1.82) is 0 Å². The van der Waals surface area contributed by atoms with E-state index in [9.17, 15) is 9.90 Å². The first-order valence-electron chi connectivity index (χ1n) is 2.87. The van der Waals surface area contributed by atoms with E-state index in [1.54, 1.807) is 0 Å². The summed E-state index contributed by atoms with van der Waals surface area (Å²) in [4.78, 5) is 10.3. The Morgan fingerprint density at radius 1 is 1.56 bits per heavy atom. The summed E-state index contributed by atoms with van der Waals surface area (Å²) in [5, 5.41) is 10.3. The van der Waals surface area contributed by atoms with Crippen molar-refractivity contribution in [2.45, 2.75) is 5.67 Å². The van der Waals surface area contributed by atoms with E-state index in [1.807, 2.05) is 21.1 Å². The second kappa shape index (κ2) is 2.49. The quantitative estimate of drug-likeness (QED) is 0.311. The Balaban J connectivity index is 4.04. The van der Waals surface area contributed by atoms with Gasteiger partial charge >= 0.3 is 0 Å². The zero-order chi connectivity index (χ0) is 7.65. The molecule has 0 N–H and O–H groups in total. The van der Waals surface area contributed by atoms with Crippen LogP contribution in [0.1, 0.15) is 0 Å². The van der Waals surface area contributed by atoms with Gasteiger partial charge in [-0.15, -0.1) is 0 Å². The Bertz CT molecular complexity index is 119. The van der Waals surface area contributed by atoms with Crippen LogP contribution in [0.25, 0.3) is 0 Å². The van der Waals surface area contributed by atoms with Gasteiger partial charge in [0.25, 0.3) is 0 Å². The number of carbonyl (C=O) groups is 1. The Labute approximate surface area is 58.3 Å². The molecule has 0 amide bonds. The summed E-state index contributed by atoms with van der Waals surface area (Å²) in [6.45, 7) is 0. The van der Waals surface area contributed by atoms with Gasteiger partial charge in [0.1, 0.15) is 5.67 Å². The van der Waals surface area contributed by atoms with Gasteiger partial charge in [-0.05, 0) is 0 Å². The first-order valence-corrected chi connectivity index (χ1v) is 4.03. The molecule has 0 aliphatic rings. The molecule has 0 aromatic heterocycles. The maximum atomic E-state index is 10.3. The van der Waals surface area contributed by atoms with E-state index in [2.05, 4.69) is 0 Å². The van der Waals surface area contributed by atoms with Gasteiger partial charge in [0.05, 0.1) is 37.4 Å². The molecule has 0 spiro atoms. The molecule has 54 valence electrons. The molecule has 0 rings (SSSR count). The summed E-state index contributed by atoms with van der Waals surface area (Å²) in [5.74, 6) is -0.936. The maximum Gasteiger partial charge on any atom is 0.101 e. The van der Waals surface area contributed by atoms with E-state index in [4.69, 9.17) is 0 Å². The summed E-state index contributed by atoms with van der Waals surface area (Å²) in [7, 11) is 6.21. The van der Waals surface area contributed by atoms with Crippen LogP contribution in [0.4, 0.5) is 0 Å². The molecular weight excluding hydrogens is 134 g/mol. The molecule has 9 heavy (non-hydrogen) atoms. The molecule has 0 aromatic carbocycles. The maximum absolute atomic E-state index is 10.3. The van der Waals surface area contributed by atoms with E-state index in [0.29, 0.717) is 14.7 Å². The van der Waals surface area contributed by atoms with E-state index in [-0.39, 0.29) is 5.67 Å². The fraction of sp³-hybridized carbons (Fsp3) is 0.800. The van der Waals surface area contributed by atoms with Crippen molar-refractivity contribution in [1.82, 2.24) is 0 Å². The van der Waals surface area contributed by atoms with E-state index >= 15 is 0 Å². The summed E-state index contributed by atoms with van der Waals surface area (Å²) < 4.78 is 0.467. The third-order valence-electron chi connectivity index (χ3n) is 1.50. The van der Waals surface area contributed by atoms with Crippen LogP contribution in [-0.2, 0) is 4.79 Å². The lowest BCUT2D eigenvalue weighted by molar-refractivity contribution is -0.876. The molecule has 0 fully saturated rings. The fourth-order valence-corrected chi connectivity index (χ4v) is 0.316. The Morgan fingerprint density at radius 3 is 1.89 bits per heavy atom. The molecule has 1 unspecified atom stereocenters. The van der Waals surface area contributed by atoms with Gasteiger partial charge in [0.2, 0.25) is 0 Å². The van der Waals surface area contributed by atoms with Crippen molar-refractivity contribution in [3.8, 4) is 0 Å². The van der Waals surface area contributed by atoms with Crippen molar-refractivity contribution in [3.63, 3.8) is 0 Å².